The molecule has 0 spiro atoms. The van der Waals surface area contributed by atoms with Crippen molar-refractivity contribution in [2.45, 2.75) is 20.3 Å². The highest BCUT2D eigenvalue weighted by atomic mass is 16.6. The Bertz CT molecular complexity index is 1010. The maximum Gasteiger partial charge on any atom is 0.293 e. The minimum absolute atomic E-state index is 0.0221. The molecule has 146 valence electrons. The van der Waals surface area contributed by atoms with Gasteiger partial charge in [0.1, 0.15) is 0 Å². The molecule has 0 bridgehead atoms. The molecule has 1 aromatic carbocycles. The van der Waals surface area contributed by atoms with Gasteiger partial charge in [0.15, 0.2) is 17.2 Å². The van der Waals surface area contributed by atoms with Gasteiger partial charge in [-0.3, -0.25) is 4.79 Å². The largest absolute Gasteiger partial charge is 0.504 e. The molecule has 0 saturated heterocycles. The third-order valence-corrected chi connectivity index (χ3v) is 3.67. The van der Waals surface area contributed by atoms with E-state index in [0.717, 1.165) is 0 Å². The van der Waals surface area contributed by atoms with Crippen LogP contribution in [0.25, 0.3) is 5.82 Å². The lowest BCUT2D eigenvalue weighted by Crippen LogP contribution is -2.20. The van der Waals surface area contributed by atoms with E-state index in [1.54, 1.807) is 12.1 Å². The molecule has 2 heterocycles. The molecule has 4 N–H and O–H groups in total. The molecule has 12 heteroatoms. The minimum Gasteiger partial charge on any atom is -0.504 e. The number of hydrazone groups is 1. The molecule has 0 aliphatic carbocycles. The number of amides is 1. The van der Waals surface area contributed by atoms with Gasteiger partial charge in [-0.25, -0.2) is 10.1 Å². The number of nitrogens with zero attached hydrogens (tertiary/aromatic N) is 6. The average molecular weight is 386 g/mol. The fourth-order valence-electron chi connectivity index (χ4n) is 2.40. The fourth-order valence-corrected chi connectivity index (χ4v) is 2.40. The summed E-state index contributed by atoms with van der Waals surface area (Å²) in [7, 11) is 0. The van der Waals surface area contributed by atoms with Gasteiger partial charge in [0.2, 0.25) is 11.6 Å². The van der Waals surface area contributed by atoms with E-state index in [4.69, 9.17) is 10.5 Å². The zero-order chi connectivity index (χ0) is 20.1. The summed E-state index contributed by atoms with van der Waals surface area (Å²) in [4.78, 5) is 12.4. The van der Waals surface area contributed by atoms with Crippen molar-refractivity contribution in [1.82, 2.24) is 30.7 Å². The van der Waals surface area contributed by atoms with Gasteiger partial charge in [0.05, 0.1) is 18.5 Å². The van der Waals surface area contributed by atoms with Crippen molar-refractivity contribution in [2.24, 2.45) is 5.10 Å². The molecule has 2 aromatic heterocycles. The van der Waals surface area contributed by atoms with Crippen molar-refractivity contribution >= 4 is 17.9 Å². The van der Waals surface area contributed by atoms with E-state index in [2.05, 4.69) is 35.8 Å². The minimum atomic E-state index is -0.557. The Morgan fingerprint density at radius 1 is 1.43 bits per heavy atom. The third kappa shape index (κ3) is 3.75. The Morgan fingerprint density at radius 3 is 2.93 bits per heavy atom. The van der Waals surface area contributed by atoms with E-state index >= 15 is 0 Å². The molecule has 28 heavy (non-hydrogen) atoms. The number of carbonyl (C=O) groups is 1. The number of anilines is 1. The van der Waals surface area contributed by atoms with Crippen LogP contribution >= 0.6 is 0 Å². The second-order valence-corrected chi connectivity index (χ2v) is 5.48. The van der Waals surface area contributed by atoms with E-state index in [9.17, 15) is 9.90 Å². The first-order valence-electron chi connectivity index (χ1n) is 8.37. The lowest BCUT2D eigenvalue weighted by Gasteiger charge is -2.06. The molecule has 0 saturated carbocycles. The molecule has 3 aromatic rings. The van der Waals surface area contributed by atoms with E-state index in [-0.39, 0.29) is 23.1 Å². The van der Waals surface area contributed by atoms with Gasteiger partial charge in [0.25, 0.3) is 5.91 Å². The number of aromatic hydroxyl groups is 1. The number of ether oxygens (including phenoxy) is 1. The summed E-state index contributed by atoms with van der Waals surface area (Å²) in [5, 5.41) is 28.5. The molecule has 3 rings (SSSR count). The van der Waals surface area contributed by atoms with Gasteiger partial charge in [-0.1, -0.05) is 12.1 Å². The van der Waals surface area contributed by atoms with Crippen LogP contribution in [0.15, 0.2) is 27.9 Å². The average Bonchev–Trinajstić information content (AvgIpc) is 3.29. The van der Waals surface area contributed by atoms with Crippen molar-refractivity contribution in [3.63, 3.8) is 0 Å². The maximum atomic E-state index is 12.4. The summed E-state index contributed by atoms with van der Waals surface area (Å²) in [6.45, 7) is 4.04. The number of aromatic nitrogens is 5. The highest BCUT2D eigenvalue weighted by Crippen LogP contribution is 2.26. The van der Waals surface area contributed by atoms with Crippen molar-refractivity contribution in [3.05, 3.63) is 35.2 Å². The zero-order valence-electron chi connectivity index (χ0n) is 15.2. The molecule has 0 atom stereocenters. The highest BCUT2D eigenvalue weighted by molar-refractivity contribution is 5.94. The van der Waals surface area contributed by atoms with Crippen molar-refractivity contribution in [2.75, 3.05) is 12.3 Å². The number of hydrogen-bond donors (Lipinski definition) is 3. The van der Waals surface area contributed by atoms with E-state index < -0.39 is 5.91 Å². The number of nitrogens with one attached hydrogen (secondary N) is 1. The number of nitrogens with two attached hydrogens (primary N) is 1. The Morgan fingerprint density at radius 2 is 2.25 bits per heavy atom. The number of phenols is 1. The molecule has 0 radical (unpaired) electrons. The molecule has 0 fully saturated rings. The van der Waals surface area contributed by atoms with Crippen LogP contribution in [0.3, 0.4) is 0 Å². The van der Waals surface area contributed by atoms with Crippen LogP contribution in [0, 0.1) is 0 Å². The Balaban J connectivity index is 1.75. The summed E-state index contributed by atoms with van der Waals surface area (Å²) in [5.74, 6) is -0.0266. The fraction of sp³-hybridized carbons (Fsp3) is 0.250. The van der Waals surface area contributed by atoms with Crippen molar-refractivity contribution < 1.29 is 19.3 Å². The first-order valence-corrected chi connectivity index (χ1v) is 8.37. The Kier molecular flexibility index (Phi) is 5.48. The van der Waals surface area contributed by atoms with E-state index in [0.29, 0.717) is 30.0 Å². The molecular formula is C16H18N8O4. The maximum absolute atomic E-state index is 12.4. The van der Waals surface area contributed by atoms with E-state index in [1.807, 2.05) is 13.8 Å². The van der Waals surface area contributed by atoms with E-state index in [1.165, 1.54) is 17.0 Å². The van der Waals surface area contributed by atoms with Gasteiger partial charge in [0, 0.05) is 0 Å². The Hall–Kier alpha value is -3.96. The van der Waals surface area contributed by atoms with Gasteiger partial charge < -0.3 is 15.6 Å². The van der Waals surface area contributed by atoms with Crippen LogP contribution in [-0.2, 0) is 6.42 Å². The van der Waals surface area contributed by atoms with Gasteiger partial charge in [-0.05, 0) is 47.4 Å². The second kappa shape index (κ2) is 8.16. The number of rotatable bonds is 7. The number of phenolic OH excluding ortho intramolecular Hbond substituents is 1. The summed E-state index contributed by atoms with van der Waals surface area (Å²) in [6, 6.07) is 4.70. The topological polar surface area (TPSA) is 167 Å². The van der Waals surface area contributed by atoms with Crippen LogP contribution in [0.4, 0.5) is 5.82 Å². The first-order chi connectivity index (χ1) is 13.5. The third-order valence-electron chi connectivity index (χ3n) is 3.67. The monoisotopic (exact) mass is 386 g/mol. The molecule has 0 aliphatic heterocycles. The SMILES string of the molecule is CCOc1cc(/C=N/NC(=O)c2nnn(-c3nonc3N)c2CC)ccc1O. The quantitative estimate of drug-likeness (QED) is 0.390. The molecule has 1 amide bonds. The van der Waals surface area contributed by atoms with Crippen molar-refractivity contribution in [1.29, 1.82) is 0 Å². The Labute approximate surface area is 158 Å². The standard InChI is InChI=1S/C16H18N8O4/c1-3-10-13(19-23-24(10)15-14(17)21-28-22-15)16(26)20-18-8-9-5-6-11(25)12(7-9)27-4-2/h5-8,25H,3-4H2,1-2H3,(H2,17,21)(H,20,26)/b18-8+. The highest BCUT2D eigenvalue weighted by Gasteiger charge is 2.22. The number of hydrogen-bond acceptors (Lipinski definition) is 10. The lowest BCUT2D eigenvalue weighted by molar-refractivity contribution is 0.0949. The van der Waals surface area contributed by atoms with Gasteiger partial charge in [-0.2, -0.15) is 9.78 Å². The number of carbonyl (C=O) groups excluding carboxylic acids is 1. The van der Waals surface area contributed by atoms with Crippen LogP contribution in [0.1, 0.15) is 35.6 Å². The first kappa shape index (κ1) is 18.8. The molecule has 0 unspecified atom stereocenters. The molecule has 12 nitrogen and oxygen atoms in total. The zero-order valence-corrected chi connectivity index (χ0v) is 15.2. The predicted octanol–water partition coefficient (Wildman–Crippen LogP) is 0.663. The molecular weight excluding hydrogens is 368 g/mol. The number of benzene rings is 1. The second-order valence-electron chi connectivity index (χ2n) is 5.48. The number of nitrogen functional groups attached to an aromatic ring is 1. The summed E-state index contributed by atoms with van der Waals surface area (Å²) < 4.78 is 11.1. The smallest absolute Gasteiger partial charge is 0.293 e. The van der Waals surface area contributed by atoms with Crippen LogP contribution in [-0.4, -0.2) is 49.1 Å². The van der Waals surface area contributed by atoms with Crippen molar-refractivity contribution in [3.8, 4) is 17.3 Å². The summed E-state index contributed by atoms with van der Waals surface area (Å²) in [5.41, 5.74) is 9.21. The van der Waals surface area contributed by atoms with Crippen LogP contribution in [0.2, 0.25) is 0 Å². The van der Waals surface area contributed by atoms with Gasteiger partial charge in [-0.15, -0.1) is 5.10 Å². The van der Waals surface area contributed by atoms with Crippen LogP contribution < -0.4 is 15.9 Å². The predicted molar refractivity (Wildman–Crippen MR) is 97.3 cm³/mol. The summed E-state index contributed by atoms with van der Waals surface area (Å²) >= 11 is 0. The van der Waals surface area contributed by atoms with Gasteiger partial charge >= 0.3 is 0 Å². The normalized spacial score (nSPS) is 11.1. The lowest BCUT2D eigenvalue weighted by atomic mass is 10.2. The molecule has 0 aliphatic rings. The van der Waals surface area contributed by atoms with Crippen LogP contribution in [0.5, 0.6) is 11.5 Å². The summed E-state index contributed by atoms with van der Waals surface area (Å²) in [6.07, 6.45) is 1.84.